The Balaban J connectivity index is 2.29. The number of hydrogen-bond donors (Lipinski definition) is 0. The van der Waals surface area contributed by atoms with Crippen LogP contribution in [0.2, 0.25) is 0 Å². The number of para-hydroxylation sites is 1. The van der Waals surface area contributed by atoms with E-state index in [0.29, 0.717) is 11.4 Å². The minimum atomic E-state index is 0.0950. The lowest BCUT2D eigenvalue weighted by Crippen LogP contribution is -2.35. The number of fused-ring (bicyclic) bond motifs is 1. The highest BCUT2D eigenvalue weighted by atomic mass is 15.4. The van der Waals surface area contributed by atoms with Crippen molar-refractivity contribution in [3.05, 3.63) is 64.8 Å². The van der Waals surface area contributed by atoms with Crippen molar-refractivity contribution in [2.45, 2.75) is 20.0 Å². The van der Waals surface area contributed by atoms with Crippen LogP contribution in [0.3, 0.4) is 0 Å². The van der Waals surface area contributed by atoms with Crippen molar-refractivity contribution in [2.24, 2.45) is 0 Å². The van der Waals surface area contributed by atoms with E-state index < -0.39 is 0 Å². The molecule has 3 rings (SSSR count). The fraction of sp³-hybridized carbons (Fsp3) is 0.222. The topological polar surface area (TPSA) is 15.2 Å². The summed E-state index contributed by atoms with van der Waals surface area (Å²) in [5.41, 5.74) is 5.14. The Kier molecular flexibility index (Phi) is 3.23. The number of rotatable bonds is 1. The first-order valence-corrected chi connectivity index (χ1v) is 7.09. The lowest BCUT2D eigenvalue weighted by atomic mass is 10.1. The van der Waals surface area contributed by atoms with E-state index in [0.717, 1.165) is 17.1 Å². The molecule has 0 unspecified atom stereocenters. The lowest BCUT2D eigenvalue weighted by Gasteiger charge is -2.29. The maximum atomic E-state index is 7.50. The number of anilines is 3. The van der Waals surface area contributed by atoms with E-state index in [1.54, 1.807) is 6.07 Å². The van der Waals surface area contributed by atoms with Gasteiger partial charge in [0.15, 0.2) is 5.69 Å². The van der Waals surface area contributed by atoms with Gasteiger partial charge in [-0.25, -0.2) is 9.69 Å². The Hall–Kier alpha value is -2.98. The van der Waals surface area contributed by atoms with Crippen LogP contribution in [0.4, 0.5) is 28.4 Å². The highest BCUT2D eigenvalue weighted by Gasteiger charge is 2.34. The minimum absolute atomic E-state index is 0.0950. The SMILES string of the molecule is [C-]#[N+]c1cc([N+]#[C-])c2c(c1)N(C)[C@H](C)N2c1ccccc1C. The Labute approximate surface area is 130 Å². The van der Waals surface area contributed by atoms with E-state index in [1.165, 1.54) is 5.56 Å². The van der Waals surface area contributed by atoms with E-state index in [4.69, 9.17) is 13.1 Å². The van der Waals surface area contributed by atoms with Gasteiger partial charge in [0.1, 0.15) is 6.17 Å². The molecule has 2 aromatic carbocycles. The fourth-order valence-electron chi connectivity index (χ4n) is 2.97. The van der Waals surface area contributed by atoms with Gasteiger partial charge in [0.05, 0.1) is 18.8 Å². The molecule has 0 N–H and O–H groups in total. The average Bonchev–Trinajstić information content (AvgIpc) is 2.79. The second-order valence-corrected chi connectivity index (χ2v) is 5.46. The van der Waals surface area contributed by atoms with Crippen LogP contribution in [-0.4, -0.2) is 13.2 Å². The van der Waals surface area contributed by atoms with Gasteiger partial charge in [-0.1, -0.05) is 18.2 Å². The Morgan fingerprint density at radius 2 is 1.77 bits per heavy atom. The van der Waals surface area contributed by atoms with Crippen molar-refractivity contribution in [1.29, 1.82) is 0 Å². The molecule has 0 amide bonds. The second-order valence-electron chi connectivity index (χ2n) is 5.46. The molecular weight excluding hydrogens is 272 g/mol. The average molecular weight is 288 g/mol. The summed E-state index contributed by atoms with van der Waals surface area (Å²) < 4.78 is 0. The van der Waals surface area contributed by atoms with Crippen molar-refractivity contribution in [2.75, 3.05) is 16.8 Å². The highest BCUT2D eigenvalue weighted by Crippen LogP contribution is 2.51. The minimum Gasteiger partial charge on any atom is -0.355 e. The third kappa shape index (κ3) is 1.89. The fourth-order valence-corrected chi connectivity index (χ4v) is 2.97. The molecule has 0 radical (unpaired) electrons. The Morgan fingerprint density at radius 1 is 1.05 bits per heavy atom. The standard InChI is InChI=1S/C18H16N4/c1-12-8-6-7-9-16(12)22-13(2)21(5)17-11-14(19-3)10-15(20-4)18(17)22/h6-11,13H,1-2,5H3/t13-/m0/s1. The van der Waals surface area contributed by atoms with E-state index in [2.05, 4.69) is 45.5 Å². The van der Waals surface area contributed by atoms with Crippen molar-refractivity contribution >= 4 is 28.4 Å². The summed E-state index contributed by atoms with van der Waals surface area (Å²) in [6, 6.07) is 11.7. The molecule has 0 aliphatic carbocycles. The molecule has 0 aromatic heterocycles. The Morgan fingerprint density at radius 3 is 2.41 bits per heavy atom. The normalized spacial score (nSPS) is 16.1. The molecule has 0 saturated heterocycles. The first kappa shape index (κ1) is 14.0. The van der Waals surface area contributed by atoms with Gasteiger partial charge in [-0.2, -0.15) is 0 Å². The summed E-state index contributed by atoms with van der Waals surface area (Å²) in [6.07, 6.45) is 0.0950. The molecule has 4 nitrogen and oxygen atoms in total. The van der Waals surface area contributed by atoms with E-state index in [9.17, 15) is 0 Å². The third-order valence-corrected chi connectivity index (χ3v) is 4.23. The van der Waals surface area contributed by atoms with Crippen LogP contribution in [0.15, 0.2) is 36.4 Å². The zero-order valence-corrected chi connectivity index (χ0v) is 12.8. The summed E-state index contributed by atoms with van der Waals surface area (Å²) in [5.74, 6) is 0. The molecule has 0 bridgehead atoms. The van der Waals surface area contributed by atoms with Crippen LogP contribution in [-0.2, 0) is 0 Å². The molecule has 0 spiro atoms. The van der Waals surface area contributed by atoms with Crippen molar-refractivity contribution in [3.63, 3.8) is 0 Å². The third-order valence-electron chi connectivity index (χ3n) is 4.23. The van der Waals surface area contributed by atoms with Crippen LogP contribution < -0.4 is 9.80 Å². The zero-order chi connectivity index (χ0) is 15.9. The second kappa shape index (κ2) is 5.09. The summed E-state index contributed by atoms with van der Waals surface area (Å²) in [4.78, 5) is 11.5. The number of hydrogen-bond acceptors (Lipinski definition) is 2. The van der Waals surface area contributed by atoms with Crippen molar-refractivity contribution in [3.8, 4) is 0 Å². The predicted octanol–water partition coefficient (Wildman–Crippen LogP) is 5.03. The summed E-state index contributed by atoms with van der Waals surface area (Å²) in [5, 5.41) is 0. The number of benzene rings is 2. The smallest absolute Gasteiger partial charge is 0.202 e. The Bertz CT molecular complexity index is 826. The molecule has 0 saturated carbocycles. The van der Waals surface area contributed by atoms with Crippen molar-refractivity contribution < 1.29 is 0 Å². The predicted molar refractivity (Wildman–Crippen MR) is 90.1 cm³/mol. The van der Waals surface area contributed by atoms with Gasteiger partial charge < -0.3 is 9.80 Å². The molecule has 2 aromatic rings. The van der Waals surface area contributed by atoms with Gasteiger partial charge in [-0.05, 0) is 37.6 Å². The molecule has 1 heterocycles. The van der Waals surface area contributed by atoms with Crippen LogP contribution in [0.25, 0.3) is 9.69 Å². The van der Waals surface area contributed by atoms with E-state index >= 15 is 0 Å². The maximum absolute atomic E-state index is 7.50. The summed E-state index contributed by atoms with van der Waals surface area (Å²) in [6.45, 7) is 18.9. The quantitative estimate of drug-likeness (QED) is 0.684. The van der Waals surface area contributed by atoms with E-state index in [1.807, 2.05) is 25.2 Å². The molecule has 4 heteroatoms. The van der Waals surface area contributed by atoms with Gasteiger partial charge in [0.2, 0.25) is 5.69 Å². The molecule has 0 fully saturated rings. The number of nitrogens with zero attached hydrogens (tertiary/aromatic N) is 4. The molecule has 1 aliphatic rings. The van der Waals surface area contributed by atoms with Crippen LogP contribution in [0, 0.1) is 20.1 Å². The monoisotopic (exact) mass is 288 g/mol. The summed E-state index contributed by atoms with van der Waals surface area (Å²) >= 11 is 0. The highest BCUT2D eigenvalue weighted by molar-refractivity contribution is 5.95. The van der Waals surface area contributed by atoms with Gasteiger partial charge in [0.25, 0.3) is 0 Å². The lowest BCUT2D eigenvalue weighted by molar-refractivity contribution is 0.733. The summed E-state index contributed by atoms with van der Waals surface area (Å²) in [7, 11) is 2.00. The first-order chi connectivity index (χ1) is 10.6. The van der Waals surface area contributed by atoms with Crippen LogP contribution >= 0.6 is 0 Å². The zero-order valence-electron chi connectivity index (χ0n) is 12.8. The molecule has 108 valence electrons. The van der Waals surface area contributed by atoms with Crippen LogP contribution in [0.1, 0.15) is 12.5 Å². The number of aryl methyl sites for hydroxylation is 1. The molecule has 1 atom stereocenters. The maximum Gasteiger partial charge on any atom is 0.202 e. The van der Waals surface area contributed by atoms with Gasteiger partial charge in [-0.15, -0.1) is 0 Å². The van der Waals surface area contributed by atoms with Gasteiger partial charge in [-0.3, -0.25) is 0 Å². The first-order valence-electron chi connectivity index (χ1n) is 7.09. The van der Waals surface area contributed by atoms with Crippen LogP contribution in [0.5, 0.6) is 0 Å². The molecule has 22 heavy (non-hydrogen) atoms. The van der Waals surface area contributed by atoms with Gasteiger partial charge >= 0.3 is 0 Å². The molecular formula is C18H16N4. The largest absolute Gasteiger partial charge is 0.355 e. The van der Waals surface area contributed by atoms with E-state index in [-0.39, 0.29) is 6.17 Å². The molecule has 1 aliphatic heterocycles. The van der Waals surface area contributed by atoms with Crippen molar-refractivity contribution in [1.82, 2.24) is 0 Å². The van der Waals surface area contributed by atoms with Gasteiger partial charge in [0, 0.05) is 18.4 Å².